The van der Waals surface area contributed by atoms with Gasteiger partial charge in [-0.1, -0.05) is 6.07 Å². The van der Waals surface area contributed by atoms with Crippen LogP contribution in [0.4, 0.5) is 13.2 Å². The SMILES string of the molecule is O=C1N2Cc3cc(C(F)(F)F)ccc3CC2C(O)[C@@]12CC[C@@H](NC1CCOCC1)C2. The van der Waals surface area contributed by atoms with Gasteiger partial charge in [0.2, 0.25) is 5.91 Å². The van der Waals surface area contributed by atoms with Crippen LogP contribution in [0.15, 0.2) is 18.2 Å². The summed E-state index contributed by atoms with van der Waals surface area (Å²) >= 11 is 0. The average Bonchev–Trinajstić information content (AvgIpc) is 3.23. The maximum absolute atomic E-state index is 13.4. The van der Waals surface area contributed by atoms with Crippen molar-refractivity contribution in [3.8, 4) is 0 Å². The van der Waals surface area contributed by atoms with Crippen LogP contribution in [0.2, 0.25) is 0 Å². The van der Waals surface area contributed by atoms with Gasteiger partial charge in [0.05, 0.1) is 23.1 Å². The number of carbonyl (C=O) groups excluding carboxylic acids is 1. The Morgan fingerprint density at radius 3 is 2.63 bits per heavy atom. The fourth-order valence-corrected chi connectivity index (χ4v) is 5.95. The van der Waals surface area contributed by atoms with Gasteiger partial charge in [0.15, 0.2) is 0 Å². The molecule has 2 N–H and O–H groups in total. The van der Waals surface area contributed by atoms with Crippen LogP contribution in [0, 0.1) is 5.41 Å². The summed E-state index contributed by atoms with van der Waals surface area (Å²) in [5.41, 5.74) is -0.178. The van der Waals surface area contributed by atoms with Crippen LogP contribution in [-0.4, -0.2) is 53.4 Å². The highest BCUT2D eigenvalue weighted by Crippen LogP contribution is 2.51. The van der Waals surface area contributed by atoms with E-state index in [0.717, 1.165) is 50.2 Å². The zero-order valence-electron chi connectivity index (χ0n) is 16.8. The lowest BCUT2D eigenvalue weighted by atomic mass is 9.79. The minimum absolute atomic E-state index is 0.0978. The molecular formula is C22H27F3N2O3. The van der Waals surface area contributed by atoms with Crippen molar-refractivity contribution in [1.29, 1.82) is 0 Å². The molecule has 1 spiro atoms. The summed E-state index contributed by atoms with van der Waals surface area (Å²) in [5, 5.41) is 14.8. The molecule has 8 heteroatoms. The van der Waals surface area contributed by atoms with E-state index in [1.54, 1.807) is 4.90 Å². The second-order valence-electron chi connectivity index (χ2n) is 9.28. The second-order valence-corrected chi connectivity index (χ2v) is 9.28. The van der Waals surface area contributed by atoms with Crippen LogP contribution in [-0.2, 0) is 28.7 Å². The molecule has 3 fully saturated rings. The minimum atomic E-state index is -4.41. The van der Waals surface area contributed by atoms with Crippen molar-refractivity contribution < 1.29 is 27.8 Å². The van der Waals surface area contributed by atoms with Gasteiger partial charge >= 0.3 is 6.18 Å². The van der Waals surface area contributed by atoms with E-state index in [9.17, 15) is 23.1 Å². The molecule has 1 aliphatic carbocycles. The number of halogens is 3. The van der Waals surface area contributed by atoms with Crippen LogP contribution in [0.1, 0.15) is 48.8 Å². The zero-order chi connectivity index (χ0) is 21.1. The van der Waals surface area contributed by atoms with Gasteiger partial charge in [-0.3, -0.25) is 4.79 Å². The lowest BCUT2D eigenvalue weighted by Gasteiger charge is -2.33. The predicted octanol–water partition coefficient (Wildman–Crippen LogP) is 2.64. The van der Waals surface area contributed by atoms with Gasteiger partial charge in [-0.05, 0) is 61.8 Å². The largest absolute Gasteiger partial charge is 0.416 e. The third-order valence-electron chi connectivity index (χ3n) is 7.56. The molecule has 1 aromatic carbocycles. The molecule has 5 nitrogen and oxygen atoms in total. The molecule has 4 aliphatic rings. The molecule has 1 saturated carbocycles. The van der Waals surface area contributed by atoms with Crippen molar-refractivity contribution in [2.45, 2.75) is 75.5 Å². The van der Waals surface area contributed by atoms with E-state index in [1.165, 1.54) is 6.07 Å². The normalized spacial score (nSPS) is 34.5. The predicted molar refractivity (Wildman–Crippen MR) is 103 cm³/mol. The lowest BCUT2D eigenvalue weighted by molar-refractivity contribution is -0.138. The number of alkyl halides is 3. The van der Waals surface area contributed by atoms with Gasteiger partial charge in [-0.2, -0.15) is 13.2 Å². The molecule has 164 valence electrons. The lowest BCUT2D eigenvalue weighted by Crippen LogP contribution is -2.43. The number of aliphatic hydroxyl groups is 1. The van der Waals surface area contributed by atoms with E-state index in [1.807, 2.05) is 0 Å². The molecule has 2 unspecified atom stereocenters. The van der Waals surface area contributed by atoms with Gasteiger partial charge in [-0.15, -0.1) is 0 Å². The highest BCUT2D eigenvalue weighted by Gasteiger charge is 2.61. The number of aliphatic hydroxyl groups excluding tert-OH is 1. The Hall–Kier alpha value is -1.64. The number of rotatable bonds is 2. The summed E-state index contributed by atoms with van der Waals surface area (Å²) < 4.78 is 44.7. The Morgan fingerprint density at radius 2 is 1.90 bits per heavy atom. The molecular weight excluding hydrogens is 397 g/mol. The van der Waals surface area contributed by atoms with E-state index < -0.39 is 23.3 Å². The van der Waals surface area contributed by atoms with Crippen molar-refractivity contribution in [2.75, 3.05) is 13.2 Å². The van der Waals surface area contributed by atoms with Gasteiger partial charge in [0, 0.05) is 31.8 Å². The Kier molecular flexibility index (Phi) is 4.87. The molecule has 1 amide bonds. The Balaban J connectivity index is 1.34. The van der Waals surface area contributed by atoms with Crippen molar-refractivity contribution in [3.63, 3.8) is 0 Å². The number of hydrogen-bond acceptors (Lipinski definition) is 4. The molecule has 30 heavy (non-hydrogen) atoms. The van der Waals surface area contributed by atoms with Crippen LogP contribution in [0.25, 0.3) is 0 Å². The maximum atomic E-state index is 13.4. The standard InChI is InChI=1S/C22H27F3N2O3/c23-22(24,25)15-2-1-13-10-18-19(28)21(20(29)27(18)12-14(13)9-15)6-3-17(11-21)26-16-4-7-30-8-5-16/h1-2,9,16-19,26,28H,3-8,10-12H2/t17-,18?,19?,21+/m1/s1. The number of hydrogen-bond donors (Lipinski definition) is 2. The Labute approximate surface area is 173 Å². The molecule has 5 rings (SSSR count). The quantitative estimate of drug-likeness (QED) is 0.767. The van der Waals surface area contributed by atoms with Crippen molar-refractivity contribution in [2.24, 2.45) is 5.41 Å². The smallest absolute Gasteiger partial charge is 0.390 e. The monoisotopic (exact) mass is 424 g/mol. The number of amides is 1. The third-order valence-corrected chi connectivity index (χ3v) is 7.56. The first-order valence-corrected chi connectivity index (χ1v) is 10.8. The van der Waals surface area contributed by atoms with E-state index in [4.69, 9.17) is 4.74 Å². The van der Waals surface area contributed by atoms with Gasteiger partial charge in [0.25, 0.3) is 0 Å². The summed E-state index contributed by atoms with van der Waals surface area (Å²) in [5.74, 6) is -0.0978. The first-order valence-electron chi connectivity index (χ1n) is 10.8. The molecule has 2 saturated heterocycles. The average molecular weight is 424 g/mol. The van der Waals surface area contributed by atoms with Crippen LogP contribution in [0.5, 0.6) is 0 Å². The number of nitrogens with one attached hydrogen (secondary N) is 1. The van der Waals surface area contributed by atoms with E-state index in [0.29, 0.717) is 30.9 Å². The fraction of sp³-hybridized carbons (Fsp3) is 0.682. The summed E-state index contributed by atoms with van der Waals surface area (Å²) in [4.78, 5) is 15.0. The number of carbonyl (C=O) groups is 1. The fourth-order valence-electron chi connectivity index (χ4n) is 5.95. The molecule has 1 aromatic rings. The molecule has 3 heterocycles. The number of nitrogens with zero attached hydrogens (tertiary/aromatic N) is 1. The minimum Gasteiger partial charge on any atom is -0.390 e. The van der Waals surface area contributed by atoms with Gasteiger partial charge in [0.1, 0.15) is 0 Å². The summed E-state index contributed by atoms with van der Waals surface area (Å²) in [6.07, 6.45) is -0.867. The number of ether oxygens (including phenoxy) is 1. The highest BCUT2D eigenvalue weighted by atomic mass is 19.4. The summed E-state index contributed by atoms with van der Waals surface area (Å²) in [6.45, 7) is 1.62. The molecule has 0 bridgehead atoms. The zero-order valence-corrected chi connectivity index (χ0v) is 16.8. The Bertz CT molecular complexity index is 839. The maximum Gasteiger partial charge on any atom is 0.416 e. The first-order chi connectivity index (χ1) is 14.3. The summed E-state index contributed by atoms with van der Waals surface area (Å²) in [6, 6.07) is 3.94. The number of fused-ring (bicyclic) bond motifs is 2. The highest BCUT2D eigenvalue weighted by molar-refractivity contribution is 5.87. The van der Waals surface area contributed by atoms with Crippen LogP contribution < -0.4 is 5.32 Å². The molecule has 4 atom stereocenters. The molecule has 3 aliphatic heterocycles. The van der Waals surface area contributed by atoms with Crippen molar-refractivity contribution >= 4 is 5.91 Å². The van der Waals surface area contributed by atoms with E-state index in [-0.39, 0.29) is 24.5 Å². The van der Waals surface area contributed by atoms with E-state index >= 15 is 0 Å². The van der Waals surface area contributed by atoms with Crippen molar-refractivity contribution in [1.82, 2.24) is 10.2 Å². The van der Waals surface area contributed by atoms with Gasteiger partial charge < -0.3 is 20.1 Å². The van der Waals surface area contributed by atoms with E-state index in [2.05, 4.69) is 5.32 Å². The molecule has 0 aromatic heterocycles. The first kappa shape index (κ1) is 20.3. The second kappa shape index (κ2) is 7.21. The van der Waals surface area contributed by atoms with Crippen molar-refractivity contribution in [3.05, 3.63) is 34.9 Å². The summed E-state index contributed by atoms with van der Waals surface area (Å²) in [7, 11) is 0. The topological polar surface area (TPSA) is 61.8 Å². The Morgan fingerprint density at radius 1 is 1.13 bits per heavy atom. The van der Waals surface area contributed by atoms with Crippen LogP contribution in [0.3, 0.4) is 0 Å². The third kappa shape index (κ3) is 3.24. The molecule has 0 radical (unpaired) electrons. The van der Waals surface area contributed by atoms with Crippen LogP contribution >= 0.6 is 0 Å². The van der Waals surface area contributed by atoms with Gasteiger partial charge in [-0.25, -0.2) is 0 Å². The number of benzene rings is 1.